The number of hydrogen-bond donors (Lipinski definition) is 1. The number of nitrogens with zero attached hydrogens (tertiary/aromatic N) is 3. The molecule has 1 amide bonds. The molecule has 0 fully saturated rings. The van der Waals surface area contributed by atoms with Gasteiger partial charge in [-0.2, -0.15) is 0 Å². The number of hydrogen-bond acceptors (Lipinski definition) is 5. The second-order valence-electron chi connectivity index (χ2n) is 5.00. The van der Waals surface area contributed by atoms with Gasteiger partial charge >= 0.3 is 0 Å². The lowest BCUT2D eigenvalue weighted by molar-refractivity contribution is -0.121. The van der Waals surface area contributed by atoms with E-state index in [-0.39, 0.29) is 5.91 Å². The van der Waals surface area contributed by atoms with Crippen molar-refractivity contribution < 1.29 is 4.79 Å². The van der Waals surface area contributed by atoms with Crippen LogP contribution in [-0.2, 0) is 17.8 Å². The van der Waals surface area contributed by atoms with E-state index in [1.807, 2.05) is 32.2 Å². The van der Waals surface area contributed by atoms with Crippen molar-refractivity contribution in [2.45, 2.75) is 38.4 Å². The van der Waals surface area contributed by atoms with Crippen LogP contribution >= 0.6 is 11.8 Å². The summed E-state index contributed by atoms with van der Waals surface area (Å²) in [6.07, 6.45) is 6.52. The SMILES string of the molecule is CSc1nc(C)c(CCC(=O)NCc2cccnc2)c(C)n1. The topological polar surface area (TPSA) is 67.8 Å². The van der Waals surface area contributed by atoms with Crippen LogP contribution in [0.1, 0.15) is 28.9 Å². The van der Waals surface area contributed by atoms with E-state index in [0.717, 1.165) is 27.7 Å². The van der Waals surface area contributed by atoms with Crippen LogP contribution in [0.2, 0.25) is 0 Å². The Labute approximate surface area is 135 Å². The van der Waals surface area contributed by atoms with E-state index in [1.54, 1.807) is 12.4 Å². The highest BCUT2D eigenvalue weighted by molar-refractivity contribution is 7.98. The third-order valence-corrected chi connectivity index (χ3v) is 3.95. The van der Waals surface area contributed by atoms with Crippen molar-refractivity contribution in [3.63, 3.8) is 0 Å². The molecule has 2 aromatic rings. The average molecular weight is 316 g/mol. The molecule has 2 aromatic heterocycles. The smallest absolute Gasteiger partial charge is 0.220 e. The van der Waals surface area contributed by atoms with Crippen molar-refractivity contribution in [1.29, 1.82) is 0 Å². The van der Waals surface area contributed by atoms with E-state index in [0.29, 0.717) is 19.4 Å². The number of amides is 1. The summed E-state index contributed by atoms with van der Waals surface area (Å²) in [6, 6.07) is 3.80. The van der Waals surface area contributed by atoms with Crippen LogP contribution in [0.25, 0.3) is 0 Å². The van der Waals surface area contributed by atoms with Gasteiger partial charge in [-0.25, -0.2) is 9.97 Å². The fraction of sp³-hybridized carbons (Fsp3) is 0.375. The molecule has 22 heavy (non-hydrogen) atoms. The lowest BCUT2D eigenvalue weighted by Crippen LogP contribution is -2.23. The van der Waals surface area contributed by atoms with Crippen LogP contribution in [0.3, 0.4) is 0 Å². The van der Waals surface area contributed by atoms with Crippen LogP contribution in [0.5, 0.6) is 0 Å². The molecule has 1 N–H and O–H groups in total. The molecule has 5 nitrogen and oxygen atoms in total. The van der Waals surface area contributed by atoms with Crippen molar-refractivity contribution in [1.82, 2.24) is 20.3 Å². The van der Waals surface area contributed by atoms with E-state index in [4.69, 9.17) is 0 Å². The Morgan fingerprint density at radius 2 is 2.00 bits per heavy atom. The second kappa shape index (κ2) is 7.89. The third-order valence-electron chi connectivity index (χ3n) is 3.40. The number of nitrogens with one attached hydrogen (secondary N) is 1. The average Bonchev–Trinajstić information content (AvgIpc) is 2.52. The van der Waals surface area contributed by atoms with E-state index in [1.165, 1.54) is 11.8 Å². The molecule has 0 saturated carbocycles. The van der Waals surface area contributed by atoms with Crippen molar-refractivity contribution in [2.24, 2.45) is 0 Å². The molecule has 0 spiro atoms. The van der Waals surface area contributed by atoms with Crippen LogP contribution in [0.4, 0.5) is 0 Å². The molecular weight excluding hydrogens is 296 g/mol. The molecule has 6 heteroatoms. The van der Waals surface area contributed by atoms with Gasteiger partial charge in [0, 0.05) is 36.7 Å². The summed E-state index contributed by atoms with van der Waals surface area (Å²) in [5.74, 6) is 0.0246. The first-order chi connectivity index (χ1) is 10.6. The summed E-state index contributed by atoms with van der Waals surface area (Å²) < 4.78 is 0. The molecule has 2 rings (SSSR count). The Hall–Kier alpha value is -1.95. The quantitative estimate of drug-likeness (QED) is 0.655. The molecular formula is C16H20N4OS. The first kappa shape index (κ1) is 16.4. The summed E-state index contributed by atoms with van der Waals surface area (Å²) >= 11 is 1.53. The summed E-state index contributed by atoms with van der Waals surface area (Å²) in [4.78, 5) is 24.9. The minimum Gasteiger partial charge on any atom is -0.352 e. The minimum atomic E-state index is 0.0246. The van der Waals surface area contributed by atoms with Gasteiger partial charge in [-0.3, -0.25) is 9.78 Å². The Bertz CT molecular complexity index is 623. The lowest BCUT2D eigenvalue weighted by Gasteiger charge is -2.10. The highest BCUT2D eigenvalue weighted by atomic mass is 32.2. The maximum Gasteiger partial charge on any atom is 0.220 e. The zero-order valence-corrected chi connectivity index (χ0v) is 13.9. The molecule has 0 aliphatic carbocycles. The van der Waals surface area contributed by atoms with Gasteiger partial charge in [-0.1, -0.05) is 17.8 Å². The molecule has 0 bridgehead atoms. The molecule has 0 unspecified atom stereocenters. The van der Waals surface area contributed by atoms with Crippen LogP contribution in [0, 0.1) is 13.8 Å². The number of rotatable bonds is 6. The van der Waals surface area contributed by atoms with Crippen LogP contribution in [0.15, 0.2) is 29.7 Å². The molecule has 116 valence electrons. The second-order valence-corrected chi connectivity index (χ2v) is 5.77. The monoisotopic (exact) mass is 316 g/mol. The Kier molecular flexibility index (Phi) is 5.89. The predicted octanol–water partition coefficient (Wildman–Crippen LogP) is 2.46. The van der Waals surface area contributed by atoms with Gasteiger partial charge in [-0.15, -0.1) is 0 Å². The highest BCUT2D eigenvalue weighted by Gasteiger charge is 2.10. The van der Waals surface area contributed by atoms with Gasteiger partial charge in [0.05, 0.1) is 0 Å². The lowest BCUT2D eigenvalue weighted by atomic mass is 10.1. The molecule has 0 atom stereocenters. The summed E-state index contributed by atoms with van der Waals surface area (Å²) in [5.41, 5.74) is 3.97. The first-order valence-electron chi connectivity index (χ1n) is 7.14. The Balaban J connectivity index is 1.89. The van der Waals surface area contributed by atoms with Crippen molar-refractivity contribution in [3.05, 3.63) is 47.0 Å². The molecule has 0 aromatic carbocycles. The van der Waals surface area contributed by atoms with Gasteiger partial charge < -0.3 is 5.32 Å². The number of carbonyl (C=O) groups excluding carboxylic acids is 1. The Morgan fingerprint density at radius 1 is 1.27 bits per heavy atom. The summed E-state index contributed by atoms with van der Waals surface area (Å²) in [6.45, 7) is 4.45. The zero-order chi connectivity index (χ0) is 15.9. The maximum atomic E-state index is 12.0. The molecule has 0 radical (unpaired) electrons. The van der Waals surface area contributed by atoms with Crippen molar-refractivity contribution in [3.8, 4) is 0 Å². The number of pyridine rings is 1. The van der Waals surface area contributed by atoms with Crippen LogP contribution < -0.4 is 5.32 Å². The summed E-state index contributed by atoms with van der Waals surface area (Å²) in [5, 5.41) is 3.68. The summed E-state index contributed by atoms with van der Waals surface area (Å²) in [7, 11) is 0. The van der Waals surface area contributed by atoms with Gasteiger partial charge in [0.15, 0.2) is 5.16 Å². The van der Waals surface area contributed by atoms with Gasteiger partial charge in [0.25, 0.3) is 0 Å². The standard InChI is InChI=1S/C16H20N4OS/c1-11-14(12(2)20-16(19-11)22-3)6-7-15(21)18-10-13-5-4-8-17-9-13/h4-5,8-9H,6-7,10H2,1-3H3,(H,18,21). The van der Waals surface area contributed by atoms with Gasteiger partial charge in [0.2, 0.25) is 5.91 Å². The predicted molar refractivity (Wildman–Crippen MR) is 87.7 cm³/mol. The molecule has 0 saturated heterocycles. The minimum absolute atomic E-state index is 0.0246. The largest absolute Gasteiger partial charge is 0.352 e. The van der Waals surface area contributed by atoms with E-state index in [9.17, 15) is 4.79 Å². The third kappa shape index (κ3) is 4.53. The number of aromatic nitrogens is 3. The fourth-order valence-electron chi connectivity index (χ4n) is 2.19. The first-order valence-corrected chi connectivity index (χ1v) is 8.36. The highest BCUT2D eigenvalue weighted by Crippen LogP contribution is 2.17. The normalized spacial score (nSPS) is 10.5. The maximum absolute atomic E-state index is 12.0. The van der Waals surface area contributed by atoms with Crippen LogP contribution in [-0.4, -0.2) is 27.1 Å². The van der Waals surface area contributed by atoms with E-state index in [2.05, 4.69) is 20.3 Å². The number of aryl methyl sites for hydroxylation is 2. The number of thioether (sulfide) groups is 1. The van der Waals surface area contributed by atoms with E-state index < -0.39 is 0 Å². The fourth-order valence-corrected chi connectivity index (χ4v) is 2.65. The van der Waals surface area contributed by atoms with Gasteiger partial charge in [-0.05, 0) is 43.7 Å². The van der Waals surface area contributed by atoms with E-state index >= 15 is 0 Å². The molecule has 0 aliphatic rings. The zero-order valence-electron chi connectivity index (χ0n) is 13.1. The molecule has 0 aliphatic heterocycles. The van der Waals surface area contributed by atoms with Crippen molar-refractivity contribution >= 4 is 17.7 Å². The molecule has 2 heterocycles. The Morgan fingerprint density at radius 3 is 2.59 bits per heavy atom. The van der Waals surface area contributed by atoms with Crippen molar-refractivity contribution in [2.75, 3.05) is 6.26 Å². The van der Waals surface area contributed by atoms with Gasteiger partial charge in [0.1, 0.15) is 0 Å². The number of carbonyl (C=O) groups is 1.